The van der Waals surface area contributed by atoms with Gasteiger partial charge in [0.05, 0.1) is 0 Å². The molecule has 1 nitrogen and oxygen atoms in total. The van der Waals surface area contributed by atoms with Gasteiger partial charge in [-0.1, -0.05) is 44.4 Å². The van der Waals surface area contributed by atoms with E-state index in [4.69, 9.17) is 6.42 Å². The van der Waals surface area contributed by atoms with Crippen LogP contribution in [0, 0.1) is 18.3 Å². The standard InChI is InChI=1S/C11H18O/c1-2-11(12)9-10-7-5-3-4-6-8-10/h1,10-12H,3-9H2. The second kappa shape index (κ2) is 5.22. The SMILES string of the molecule is C#CC(O)CC1CCCCCC1. The Labute approximate surface area is 75.2 Å². The molecule has 0 spiro atoms. The smallest absolute Gasteiger partial charge is 0.114 e. The zero-order valence-corrected chi connectivity index (χ0v) is 7.63. The molecular weight excluding hydrogens is 148 g/mol. The van der Waals surface area contributed by atoms with Gasteiger partial charge in [0.25, 0.3) is 0 Å². The molecule has 1 unspecified atom stereocenters. The van der Waals surface area contributed by atoms with E-state index in [1.807, 2.05) is 0 Å². The highest BCUT2D eigenvalue weighted by atomic mass is 16.3. The fraction of sp³-hybridized carbons (Fsp3) is 0.818. The van der Waals surface area contributed by atoms with Crippen LogP contribution in [0.1, 0.15) is 44.9 Å². The largest absolute Gasteiger partial charge is 0.380 e. The lowest BCUT2D eigenvalue weighted by atomic mass is 9.94. The molecule has 1 atom stereocenters. The monoisotopic (exact) mass is 166 g/mol. The minimum Gasteiger partial charge on any atom is -0.380 e. The number of rotatable bonds is 2. The number of terminal acetylenes is 1. The van der Waals surface area contributed by atoms with Crippen LogP contribution in [0.25, 0.3) is 0 Å². The summed E-state index contributed by atoms with van der Waals surface area (Å²) in [6, 6.07) is 0. The molecule has 0 amide bonds. The van der Waals surface area contributed by atoms with Crippen molar-refractivity contribution in [1.29, 1.82) is 0 Å². The van der Waals surface area contributed by atoms with Gasteiger partial charge in [-0.15, -0.1) is 6.42 Å². The van der Waals surface area contributed by atoms with Crippen LogP contribution < -0.4 is 0 Å². The van der Waals surface area contributed by atoms with Crippen molar-refractivity contribution in [3.63, 3.8) is 0 Å². The Kier molecular flexibility index (Phi) is 4.18. The molecule has 1 aliphatic carbocycles. The van der Waals surface area contributed by atoms with Crippen LogP contribution in [0.3, 0.4) is 0 Å². The third kappa shape index (κ3) is 3.28. The first-order valence-corrected chi connectivity index (χ1v) is 4.97. The Balaban J connectivity index is 2.25. The molecule has 1 fully saturated rings. The van der Waals surface area contributed by atoms with Crippen molar-refractivity contribution in [2.75, 3.05) is 0 Å². The summed E-state index contributed by atoms with van der Waals surface area (Å²) in [7, 11) is 0. The van der Waals surface area contributed by atoms with Crippen molar-refractivity contribution in [1.82, 2.24) is 0 Å². The average Bonchev–Trinajstić information content (AvgIpc) is 2.33. The van der Waals surface area contributed by atoms with Crippen molar-refractivity contribution in [3.8, 4) is 12.3 Å². The first-order chi connectivity index (χ1) is 5.83. The summed E-state index contributed by atoms with van der Waals surface area (Å²) >= 11 is 0. The lowest BCUT2D eigenvalue weighted by Gasteiger charge is -2.14. The van der Waals surface area contributed by atoms with Gasteiger partial charge in [-0.05, 0) is 12.3 Å². The van der Waals surface area contributed by atoms with Gasteiger partial charge in [0.2, 0.25) is 0 Å². The molecule has 0 aromatic heterocycles. The highest BCUT2D eigenvalue weighted by molar-refractivity contribution is 4.94. The Morgan fingerprint density at radius 2 is 1.83 bits per heavy atom. The van der Waals surface area contributed by atoms with Crippen molar-refractivity contribution in [3.05, 3.63) is 0 Å². The topological polar surface area (TPSA) is 20.2 Å². The van der Waals surface area contributed by atoms with Gasteiger partial charge >= 0.3 is 0 Å². The molecule has 0 bridgehead atoms. The Morgan fingerprint density at radius 3 is 2.33 bits per heavy atom. The van der Waals surface area contributed by atoms with Gasteiger partial charge in [-0.25, -0.2) is 0 Å². The summed E-state index contributed by atoms with van der Waals surface area (Å²) in [4.78, 5) is 0. The molecule has 0 saturated heterocycles. The van der Waals surface area contributed by atoms with Crippen molar-refractivity contribution in [2.24, 2.45) is 5.92 Å². The molecule has 0 aromatic carbocycles. The zero-order valence-electron chi connectivity index (χ0n) is 7.63. The van der Waals surface area contributed by atoms with Gasteiger partial charge in [-0.3, -0.25) is 0 Å². The van der Waals surface area contributed by atoms with Gasteiger partial charge in [-0.2, -0.15) is 0 Å². The second-order valence-corrected chi connectivity index (χ2v) is 3.78. The van der Waals surface area contributed by atoms with Crippen LogP contribution in [0.15, 0.2) is 0 Å². The van der Waals surface area contributed by atoms with Crippen LogP contribution >= 0.6 is 0 Å². The molecule has 0 aromatic rings. The maximum Gasteiger partial charge on any atom is 0.114 e. The van der Waals surface area contributed by atoms with Gasteiger partial charge in [0.15, 0.2) is 0 Å². The molecule has 1 heteroatoms. The fourth-order valence-corrected chi connectivity index (χ4v) is 1.98. The first-order valence-electron chi connectivity index (χ1n) is 4.97. The van der Waals surface area contributed by atoms with Gasteiger partial charge in [0, 0.05) is 0 Å². The van der Waals surface area contributed by atoms with E-state index in [9.17, 15) is 5.11 Å². The van der Waals surface area contributed by atoms with E-state index in [1.54, 1.807) is 0 Å². The highest BCUT2D eigenvalue weighted by Crippen LogP contribution is 2.26. The van der Waals surface area contributed by atoms with Crippen molar-refractivity contribution >= 4 is 0 Å². The highest BCUT2D eigenvalue weighted by Gasteiger charge is 2.14. The third-order valence-electron chi connectivity index (χ3n) is 2.72. The molecule has 1 N–H and O–H groups in total. The molecule has 0 heterocycles. The number of aliphatic hydroxyl groups is 1. The van der Waals surface area contributed by atoms with Crippen LogP contribution in [0.4, 0.5) is 0 Å². The summed E-state index contributed by atoms with van der Waals surface area (Å²) in [6.45, 7) is 0. The summed E-state index contributed by atoms with van der Waals surface area (Å²) in [5, 5.41) is 9.27. The van der Waals surface area contributed by atoms with Crippen LogP contribution in [0.5, 0.6) is 0 Å². The van der Waals surface area contributed by atoms with Crippen molar-refractivity contribution < 1.29 is 5.11 Å². The predicted molar refractivity (Wildman–Crippen MR) is 50.6 cm³/mol. The second-order valence-electron chi connectivity index (χ2n) is 3.78. The van der Waals surface area contributed by atoms with E-state index in [-0.39, 0.29) is 0 Å². The molecule has 12 heavy (non-hydrogen) atoms. The van der Waals surface area contributed by atoms with Crippen LogP contribution in [-0.2, 0) is 0 Å². The quantitative estimate of drug-likeness (QED) is 0.493. The third-order valence-corrected chi connectivity index (χ3v) is 2.72. The Bertz CT molecular complexity index is 149. The van der Waals surface area contributed by atoms with Crippen LogP contribution in [-0.4, -0.2) is 11.2 Å². The molecule has 1 aliphatic rings. The maximum atomic E-state index is 9.27. The number of hydrogen-bond donors (Lipinski definition) is 1. The fourth-order valence-electron chi connectivity index (χ4n) is 1.98. The van der Waals surface area contributed by atoms with Gasteiger partial charge in [0.1, 0.15) is 6.10 Å². The molecule has 1 rings (SSSR count). The molecule has 0 radical (unpaired) electrons. The van der Waals surface area contributed by atoms with E-state index >= 15 is 0 Å². The lowest BCUT2D eigenvalue weighted by Crippen LogP contribution is -2.10. The van der Waals surface area contributed by atoms with E-state index in [0.29, 0.717) is 5.92 Å². The Morgan fingerprint density at radius 1 is 1.25 bits per heavy atom. The first kappa shape index (κ1) is 9.61. The summed E-state index contributed by atoms with van der Waals surface area (Å²) in [5.74, 6) is 3.07. The number of hydrogen-bond acceptors (Lipinski definition) is 1. The minimum atomic E-state index is -0.506. The van der Waals surface area contributed by atoms with Crippen molar-refractivity contribution in [2.45, 2.75) is 51.0 Å². The molecular formula is C11H18O. The van der Waals surface area contributed by atoms with E-state index in [0.717, 1.165) is 6.42 Å². The summed E-state index contributed by atoms with van der Waals surface area (Å²) < 4.78 is 0. The molecule has 0 aliphatic heterocycles. The summed E-state index contributed by atoms with van der Waals surface area (Å²) in [6.07, 6.45) is 13.3. The van der Waals surface area contributed by atoms with E-state index in [1.165, 1.54) is 38.5 Å². The van der Waals surface area contributed by atoms with Gasteiger partial charge < -0.3 is 5.11 Å². The minimum absolute atomic E-state index is 0.506. The summed E-state index contributed by atoms with van der Waals surface area (Å²) in [5.41, 5.74) is 0. The lowest BCUT2D eigenvalue weighted by molar-refractivity contribution is 0.189. The number of aliphatic hydroxyl groups excluding tert-OH is 1. The molecule has 1 saturated carbocycles. The van der Waals surface area contributed by atoms with Crippen LogP contribution in [0.2, 0.25) is 0 Å². The van der Waals surface area contributed by atoms with E-state index in [2.05, 4.69) is 5.92 Å². The molecule has 68 valence electrons. The van der Waals surface area contributed by atoms with E-state index < -0.39 is 6.10 Å². The Hall–Kier alpha value is -0.480. The maximum absolute atomic E-state index is 9.27. The zero-order chi connectivity index (χ0) is 8.81. The normalized spacial score (nSPS) is 22.7. The predicted octanol–water partition coefficient (Wildman–Crippen LogP) is 2.34. The average molecular weight is 166 g/mol.